The third-order valence-corrected chi connectivity index (χ3v) is 3.40. The Morgan fingerprint density at radius 3 is 2.72 bits per heavy atom. The van der Waals surface area contributed by atoms with Gasteiger partial charge in [0.2, 0.25) is 0 Å². The maximum atomic E-state index is 11.3. The van der Waals surface area contributed by atoms with Crippen LogP contribution in [0.15, 0.2) is 24.4 Å². The Labute approximate surface area is 102 Å². The first kappa shape index (κ1) is 12.8. The molecule has 0 saturated heterocycles. The molecule has 0 radical (unpaired) electrons. The van der Waals surface area contributed by atoms with Crippen molar-refractivity contribution in [2.24, 2.45) is 0 Å². The quantitative estimate of drug-likeness (QED) is 0.682. The molecule has 2 aromatic heterocycles. The Kier molecular flexibility index (Phi) is 3.21. The van der Waals surface area contributed by atoms with Gasteiger partial charge in [-0.3, -0.25) is 13.8 Å². The zero-order chi connectivity index (χ0) is 13.3. The number of nitrogens with zero attached hydrogens (tertiary/aromatic N) is 2. The zero-order valence-electron chi connectivity index (χ0n) is 9.22. The summed E-state index contributed by atoms with van der Waals surface area (Å²) in [5, 5.41) is 8.65. The van der Waals surface area contributed by atoms with E-state index in [-0.39, 0.29) is 18.3 Å². The molecule has 0 atom stereocenters. The molecule has 0 fully saturated rings. The molecule has 2 rings (SSSR count). The minimum absolute atomic E-state index is 0.113. The van der Waals surface area contributed by atoms with E-state index in [1.54, 1.807) is 18.2 Å². The highest BCUT2D eigenvalue weighted by atomic mass is 31.2. The van der Waals surface area contributed by atoms with Gasteiger partial charge in [-0.25, -0.2) is 4.98 Å². The van der Waals surface area contributed by atoms with Gasteiger partial charge in [-0.2, -0.15) is 0 Å². The van der Waals surface area contributed by atoms with Crippen molar-refractivity contribution in [2.75, 3.05) is 0 Å². The number of rotatable bonds is 4. The second kappa shape index (κ2) is 4.53. The van der Waals surface area contributed by atoms with E-state index in [9.17, 15) is 19.1 Å². The lowest BCUT2D eigenvalue weighted by Crippen LogP contribution is -2.14. The largest absolute Gasteiger partial charge is 0.481 e. The SMILES string of the molecule is O=C(O)CCc1cccc2ncc(P(=O)(O)O)n12. The smallest absolute Gasteiger partial charge is 0.374 e. The summed E-state index contributed by atoms with van der Waals surface area (Å²) in [6, 6.07) is 4.89. The van der Waals surface area contributed by atoms with Gasteiger partial charge in [-0.1, -0.05) is 6.07 Å². The van der Waals surface area contributed by atoms with Crippen molar-refractivity contribution < 1.29 is 24.3 Å². The Bertz CT molecular complexity index is 645. The van der Waals surface area contributed by atoms with Crippen LogP contribution in [-0.4, -0.2) is 30.2 Å². The van der Waals surface area contributed by atoms with E-state index in [4.69, 9.17) is 5.11 Å². The van der Waals surface area contributed by atoms with E-state index >= 15 is 0 Å². The van der Waals surface area contributed by atoms with Gasteiger partial charge in [0.05, 0.1) is 12.6 Å². The minimum atomic E-state index is -4.44. The maximum Gasteiger partial charge on any atom is 0.374 e. The summed E-state index contributed by atoms with van der Waals surface area (Å²) in [6.45, 7) is 0. The molecule has 2 aromatic rings. The molecule has 2 heterocycles. The molecular formula is C10H11N2O5P. The lowest BCUT2D eigenvalue weighted by molar-refractivity contribution is -0.136. The number of aromatic nitrogens is 2. The molecule has 3 N–H and O–H groups in total. The second-order valence-electron chi connectivity index (χ2n) is 3.76. The first-order valence-corrected chi connectivity index (χ1v) is 6.74. The molecule has 8 heteroatoms. The van der Waals surface area contributed by atoms with E-state index in [2.05, 4.69) is 4.98 Å². The third-order valence-electron chi connectivity index (χ3n) is 2.49. The van der Waals surface area contributed by atoms with Gasteiger partial charge in [0.25, 0.3) is 0 Å². The van der Waals surface area contributed by atoms with Crippen LogP contribution < -0.4 is 5.44 Å². The van der Waals surface area contributed by atoms with Crippen LogP contribution >= 0.6 is 7.60 Å². The van der Waals surface area contributed by atoms with Crippen molar-refractivity contribution in [3.8, 4) is 0 Å². The van der Waals surface area contributed by atoms with Gasteiger partial charge in [0.15, 0.2) is 5.44 Å². The highest BCUT2D eigenvalue weighted by Crippen LogP contribution is 2.33. The Morgan fingerprint density at radius 1 is 1.39 bits per heavy atom. The summed E-state index contributed by atoms with van der Waals surface area (Å²) >= 11 is 0. The van der Waals surface area contributed by atoms with Crippen LogP contribution in [-0.2, 0) is 15.8 Å². The van der Waals surface area contributed by atoms with Crippen LogP contribution in [0.25, 0.3) is 5.65 Å². The van der Waals surface area contributed by atoms with Gasteiger partial charge in [0, 0.05) is 5.69 Å². The number of carboxylic acid groups (broad SMARTS) is 1. The molecule has 0 aliphatic carbocycles. The molecule has 96 valence electrons. The van der Waals surface area contributed by atoms with E-state index < -0.39 is 13.6 Å². The van der Waals surface area contributed by atoms with Crippen molar-refractivity contribution >= 4 is 24.6 Å². The molecule has 0 spiro atoms. The standard InChI is InChI=1S/C10H11N2O5P/c13-10(14)5-4-7-2-1-3-8-11-6-9(12(7)8)18(15,16)17/h1-3,6H,4-5H2,(H,13,14)(H2,15,16,17). The van der Waals surface area contributed by atoms with Crippen LogP contribution in [0.3, 0.4) is 0 Å². The number of aliphatic carboxylic acids is 1. The summed E-state index contributed by atoms with van der Waals surface area (Å²) in [5.41, 5.74) is 0.667. The van der Waals surface area contributed by atoms with Crippen molar-refractivity contribution in [1.29, 1.82) is 0 Å². The summed E-state index contributed by atoms with van der Waals surface area (Å²) in [5.74, 6) is -0.968. The second-order valence-corrected chi connectivity index (χ2v) is 5.31. The predicted octanol–water partition coefficient (Wildman–Crippen LogP) is 0.154. The average molecular weight is 270 g/mol. The molecule has 0 amide bonds. The first-order valence-electron chi connectivity index (χ1n) is 5.13. The summed E-state index contributed by atoms with van der Waals surface area (Å²) in [4.78, 5) is 32.9. The number of hydrogen-bond acceptors (Lipinski definition) is 3. The molecular weight excluding hydrogens is 259 g/mol. The van der Waals surface area contributed by atoms with E-state index in [1.165, 1.54) is 4.40 Å². The van der Waals surface area contributed by atoms with Crippen LogP contribution in [0.1, 0.15) is 12.1 Å². The highest BCUT2D eigenvalue weighted by Gasteiger charge is 2.23. The number of carbonyl (C=O) groups is 1. The predicted molar refractivity (Wildman–Crippen MR) is 62.8 cm³/mol. The first-order chi connectivity index (χ1) is 8.39. The Balaban J connectivity index is 2.56. The molecule has 0 saturated carbocycles. The van der Waals surface area contributed by atoms with Crippen molar-refractivity contribution in [2.45, 2.75) is 12.8 Å². The fourth-order valence-corrected chi connectivity index (χ4v) is 2.42. The monoisotopic (exact) mass is 270 g/mol. The average Bonchev–Trinajstić information content (AvgIpc) is 2.69. The number of aryl methyl sites for hydroxylation is 1. The molecule has 0 aromatic carbocycles. The van der Waals surface area contributed by atoms with Crippen LogP contribution in [0.4, 0.5) is 0 Å². The molecule has 0 aliphatic heterocycles. The lowest BCUT2D eigenvalue weighted by atomic mass is 10.2. The molecule has 18 heavy (non-hydrogen) atoms. The maximum absolute atomic E-state index is 11.3. The lowest BCUT2D eigenvalue weighted by Gasteiger charge is -2.08. The third kappa shape index (κ3) is 2.43. The fourth-order valence-electron chi connectivity index (χ4n) is 1.72. The zero-order valence-corrected chi connectivity index (χ0v) is 10.1. The minimum Gasteiger partial charge on any atom is -0.481 e. The molecule has 7 nitrogen and oxygen atoms in total. The van der Waals surface area contributed by atoms with Gasteiger partial charge >= 0.3 is 13.6 Å². The van der Waals surface area contributed by atoms with Gasteiger partial charge < -0.3 is 14.9 Å². The normalized spacial score (nSPS) is 11.9. The van der Waals surface area contributed by atoms with E-state index in [1.807, 2.05) is 0 Å². The van der Waals surface area contributed by atoms with Crippen LogP contribution in [0, 0.1) is 0 Å². The topological polar surface area (TPSA) is 112 Å². The summed E-state index contributed by atoms with van der Waals surface area (Å²) < 4.78 is 12.6. The molecule has 0 bridgehead atoms. The fraction of sp³-hybridized carbons (Fsp3) is 0.200. The molecule has 0 aliphatic rings. The summed E-state index contributed by atoms with van der Waals surface area (Å²) in [7, 11) is -4.44. The number of hydrogen-bond donors (Lipinski definition) is 3. The van der Waals surface area contributed by atoms with E-state index in [0.29, 0.717) is 11.3 Å². The van der Waals surface area contributed by atoms with Gasteiger partial charge in [-0.05, 0) is 18.6 Å². The van der Waals surface area contributed by atoms with Crippen LogP contribution in [0.5, 0.6) is 0 Å². The number of imidazole rings is 1. The Morgan fingerprint density at radius 2 is 2.11 bits per heavy atom. The Hall–Kier alpha value is -1.69. The molecule has 0 unspecified atom stereocenters. The van der Waals surface area contributed by atoms with Crippen molar-refractivity contribution in [3.63, 3.8) is 0 Å². The van der Waals surface area contributed by atoms with E-state index in [0.717, 1.165) is 6.20 Å². The van der Waals surface area contributed by atoms with Gasteiger partial charge in [0.1, 0.15) is 5.65 Å². The number of fused-ring (bicyclic) bond motifs is 1. The summed E-state index contributed by atoms with van der Waals surface area (Å²) in [6.07, 6.45) is 1.17. The van der Waals surface area contributed by atoms with Crippen molar-refractivity contribution in [1.82, 2.24) is 9.38 Å². The van der Waals surface area contributed by atoms with Crippen LogP contribution in [0.2, 0.25) is 0 Å². The highest BCUT2D eigenvalue weighted by molar-refractivity contribution is 7.60. The number of pyridine rings is 1. The number of carboxylic acids is 1. The van der Waals surface area contributed by atoms with Gasteiger partial charge in [-0.15, -0.1) is 0 Å². The van der Waals surface area contributed by atoms with Crippen molar-refractivity contribution in [3.05, 3.63) is 30.1 Å².